The molecule has 0 amide bonds. The smallest absolute Gasteiger partial charge is 0.335 e. The van der Waals surface area contributed by atoms with E-state index in [9.17, 15) is 28.2 Å². The molecule has 0 bridgehead atoms. The second kappa shape index (κ2) is 5.97. The number of rotatable bonds is 5. The predicted octanol–water partition coefficient (Wildman–Crippen LogP) is -0.377. The van der Waals surface area contributed by atoms with Crippen molar-refractivity contribution in [2.45, 2.75) is 4.90 Å². The number of nitrogens with one attached hydrogen (secondary N) is 1. The maximum atomic E-state index is 12.2. The fourth-order valence-electron chi connectivity index (χ4n) is 1.80. The van der Waals surface area contributed by atoms with Crippen LogP contribution in [0.2, 0.25) is 0 Å². The molecule has 0 saturated carbocycles. The van der Waals surface area contributed by atoms with Gasteiger partial charge in [0.05, 0.1) is 22.1 Å². The van der Waals surface area contributed by atoms with E-state index in [0.29, 0.717) is 6.07 Å². The normalized spacial score (nSPS) is 11.0. The van der Waals surface area contributed by atoms with Gasteiger partial charge in [0, 0.05) is 5.56 Å². The van der Waals surface area contributed by atoms with Gasteiger partial charge in [-0.05, 0) is 18.2 Å². The minimum atomic E-state index is -4.29. The first-order chi connectivity index (χ1) is 10.7. The first kappa shape index (κ1) is 16.3. The second-order valence-electron chi connectivity index (χ2n) is 4.40. The molecule has 2 N–H and O–H groups in total. The van der Waals surface area contributed by atoms with Gasteiger partial charge in [-0.2, -0.15) is 0 Å². The molecule has 0 unspecified atom stereocenters. The molecule has 0 fully saturated rings. The Labute approximate surface area is 130 Å². The summed E-state index contributed by atoms with van der Waals surface area (Å²) in [5.74, 6) is -3.99. The van der Waals surface area contributed by atoms with Crippen LogP contribution in [-0.2, 0) is 10.0 Å². The fourth-order valence-corrected chi connectivity index (χ4v) is 2.90. The summed E-state index contributed by atoms with van der Waals surface area (Å²) in [6.45, 7) is 0. The summed E-state index contributed by atoms with van der Waals surface area (Å²) in [6, 6.07) is 7.60. The molecule has 2 aromatic carbocycles. The highest BCUT2D eigenvalue weighted by molar-refractivity contribution is 7.92. The molecule has 8 nitrogen and oxygen atoms in total. The SMILES string of the molecule is O=C(O)c1cc(S(=O)(=O)Nc2ccccc2C(=O)[O-])ccc1[O-]. The van der Waals surface area contributed by atoms with Gasteiger partial charge >= 0.3 is 5.97 Å². The molecule has 9 heteroatoms. The lowest BCUT2D eigenvalue weighted by molar-refractivity contribution is -0.268. The third-order valence-corrected chi connectivity index (χ3v) is 4.25. The molecule has 0 aliphatic carbocycles. The van der Waals surface area contributed by atoms with Gasteiger partial charge in [0.2, 0.25) is 0 Å². The van der Waals surface area contributed by atoms with Crippen molar-refractivity contribution < 1.29 is 33.3 Å². The third kappa shape index (κ3) is 3.40. The summed E-state index contributed by atoms with van der Waals surface area (Å²) in [7, 11) is -4.29. The summed E-state index contributed by atoms with van der Waals surface area (Å²) >= 11 is 0. The number of hydrogen-bond donors (Lipinski definition) is 2. The predicted molar refractivity (Wildman–Crippen MR) is 74.4 cm³/mol. The Morgan fingerprint density at radius 1 is 1.04 bits per heavy atom. The van der Waals surface area contributed by atoms with E-state index >= 15 is 0 Å². The van der Waals surface area contributed by atoms with Crippen molar-refractivity contribution in [1.82, 2.24) is 0 Å². The van der Waals surface area contributed by atoms with Crippen LogP contribution in [0.25, 0.3) is 0 Å². The maximum Gasteiger partial charge on any atom is 0.335 e. The first-order valence-electron chi connectivity index (χ1n) is 6.10. The minimum Gasteiger partial charge on any atom is -0.872 e. The van der Waals surface area contributed by atoms with Crippen molar-refractivity contribution in [3.8, 4) is 5.75 Å². The van der Waals surface area contributed by atoms with Gasteiger partial charge in [-0.15, -0.1) is 0 Å². The van der Waals surface area contributed by atoms with Crippen molar-refractivity contribution in [3.05, 3.63) is 53.6 Å². The molecule has 0 radical (unpaired) electrons. The Morgan fingerprint density at radius 2 is 1.70 bits per heavy atom. The lowest BCUT2D eigenvalue weighted by Gasteiger charge is -2.15. The number of carboxylic acid groups (broad SMARTS) is 2. The molecular formula is C14H9NO7S-2. The van der Waals surface area contributed by atoms with Crippen molar-refractivity contribution in [2.75, 3.05) is 4.72 Å². The van der Waals surface area contributed by atoms with E-state index in [1.807, 2.05) is 4.72 Å². The third-order valence-electron chi connectivity index (χ3n) is 2.88. The van der Waals surface area contributed by atoms with Crippen molar-refractivity contribution in [1.29, 1.82) is 0 Å². The van der Waals surface area contributed by atoms with Crippen LogP contribution in [0.5, 0.6) is 5.75 Å². The van der Waals surface area contributed by atoms with Crippen LogP contribution in [0.15, 0.2) is 47.4 Å². The van der Waals surface area contributed by atoms with Crippen LogP contribution in [0.1, 0.15) is 20.7 Å². The van der Waals surface area contributed by atoms with Gasteiger partial charge in [-0.25, -0.2) is 13.2 Å². The number of sulfonamides is 1. The lowest BCUT2D eigenvalue weighted by Crippen LogP contribution is -2.25. The van der Waals surface area contributed by atoms with Crippen molar-refractivity contribution in [2.24, 2.45) is 0 Å². The van der Waals surface area contributed by atoms with Gasteiger partial charge < -0.3 is 20.1 Å². The number of benzene rings is 2. The Bertz CT molecular complexity index is 890. The van der Waals surface area contributed by atoms with Crippen LogP contribution in [-0.4, -0.2) is 25.5 Å². The summed E-state index contributed by atoms with van der Waals surface area (Å²) in [5, 5.41) is 31.2. The van der Waals surface area contributed by atoms with E-state index < -0.39 is 38.2 Å². The monoisotopic (exact) mass is 335 g/mol. The van der Waals surface area contributed by atoms with Gasteiger partial charge in [-0.3, -0.25) is 4.72 Å². The van der Waals surface area contributed by atoms with Crippen LogP contribution < -0.4 is 14.9 Å². The number of para-hydroxylation sites is 1. The minimum absolute atomic E-state index is 0.240. The first-order valence-corrected chi connectivity index (χ1v) is 7.58. The molecule has 2 aromatic rings. The molecule has 0 spiro atoms. The van der Waals surface area contributed by atoms with Crippen molar-refractivity contribution in [3.63, 3.8) is 0 Å². The van der Waals surface area contributed by atoms with E-state index in [-0.39, 0.29) is 11.3 Å². The maximum absolute atomic E-state index is 12.2. The number of carbonyl (C=O) groups excluding carboxylic acids is 1. The molecule has 0 saturated heterocycles. The highest BCUT2D eigenvalue weighted by Crippen LogP contribution is 2.23. The molecule has 23 heavy (non-hydrogen) atoms. The quantitative estimate of drug-likeness (QED) is 0.757. The Morgan fingerprint density at radius 3 is 2.30 bits per heavy atom. The Kier molecular flexibility index (Phi) is 4.23. The molecule has 0 heterocycles. The molecule has 0 atom stereocenters. The van der Waals surface area contributed by atoms with Gasteiger partial charge in [0.15, 0.2) is 0 Å². The van der Waals surface area contributed by atoms with E-state index in [2.05, 4.69) is 0 Å². The Hall–Kier alpha value is -3.07. The number of anilines is 1. The van der Waals surface area contributed by atoms with E-state index in [4.69, 9.17) is 5.11 Å². The van der Waals surface area contributed by atoms with Crippen LogP contribution in [0.3, 0.4) is 0 Å². The molecule has 0 aliphatic heterocycles. The largest absolute Gasteiger partial charge is 0.872 e. The van der Waals surface area contributed by atoms with E-state index in [1.54, 1.807) is 0 Å². The topological polar surface area (TPSA) is 147 Å². The average molecular weight is 335 g/mol. The molecule has 0 aliphatic rings. The summed E-state index contributed by atoms with van der Waals surface area (Å²) < 4.78 is 26.5. The molecule has 2 rings (SSSR count). The van der Waals surface area contributed by atoms with E-state index in [0.717, 1.165) is 18.2 Å². The molecule has 0 aromatic heterocycles. The molecule has 120 valence electrons. The van der Waals surface area contributed by atoms with Gasteiger partial charge in [0.25, 0.3) is 10.0 Å². The van der Waals surface area contributed by atoms with E-state index in [1.165, 1.54) is 18.2 Å². The summed E-state index contributed by atoms with van der Waals surface area (Å²) in [6.07, 6.45) is 0. The zero-order chi connectivity index (χ0) is 17.2. The van der Waals surface area contributed by atoms with Gasteiger partial charge in [0.1, 0.15) is 0 Å². The number of carboxylic acids is 2. The zero-order valence-electron chi connectivity index (χ0n) is 11.3. The van der Waals surface area contributed by atoms with Crippen LogP contribution in [0.4, 0.5) is 5.69 Å². The Balaban J connectivity index is 2.47. The van der Waals surface area contributed by atoms with Gasteiger partial charge in [-0.1, -0.05) is 30.0 Å². The lowest BCUT2D eigenvalue weighted by atomic mass is 10.2. The van der Waals surface area contributed by atoms with Crippen molar-refractivity contribution >= 4 is 27.6 Å². The number of hydrogen-bond acceptors (Lipinski definition) is 6. The zero-order valence-corrected chi connectivity index (χ0v) is 12.2. The molecular weight excluding hydrogens is 326 g/mol. The summed E-state index contributed by atoms with van der Waals surface area (Å²) in [5.41, 5.74) is -1.33. The van der Waals surface area contributed by atoms with Crippen LogP contribution in [0, 0.1) is 0 Å². The highest BCUT2D eigenvalue weighted by Gasteiger charge is 2.18. The standard InChI is InChI=1S/C14H11NO7S/c16-12-6-5-8(7-10(12)14(19)20)23(21,22)15-11-4-2-1-3-9(11)13(17)18/h1-7,15-16H,(H,17,18)(H,19,20)/p-2. The average Bonchev–Trinajstić information content (AvgIpc) is 2.47. The fraction of sp³-hybridized carbons (Fsp3) is 0. The van der Waals surface area contributed by atoms with Crippen LogP contribution >= 0.6 is 0 Å². The second-order valence-corrected chi connectivity index (χ2v) is 6.08. The summed E-state index contributed by atoms with van der Waals surface area (Å²) in [4.78, 5) is 21.4. The number of carbonyl (C=O) groups is 2. The number of aromatic carboxylic acids is 2. The highest BCUT2D eigenvalue weighted by atomic mass is 32.2.